The van der Waals surface area contributed by atoms with Crippen molar-refractivity contribution in [1.29, 1.82) is 0 Å². The minimum absolute atomic E-state index is 0.135. The normalized spacial score (nSPS) is 12.5. The Morgan fingerprint density at radius 1 is 1.38 bits per heavy atom. The third-order valence-corrected chi connectivity index (χ3v) is 3.32. The molecule has 0 saturated heterocycles. The number of nitrogens with two attached hydrogens (primary N) is 1. The van der Waals surface area contributed by atoms with E-state index in [2.05, 4.69) is 10.3 Å². The molecule has 0 aliphatic heterocycles. The summed E-state index contributed by atoms with van der Waals surface area (Å²) in [6.45, 7) is 0.392. The second kappa shape index (κ2) is 7.12. The van der Waals surface area contributed by atoms with Gasteiger partial charge in [0.25, 0.3) is 0 Å². The summed E-state index contributed by atoms with van der Waals surface area (Å²) in [7, 11) is 0. The van der Waals surface area contributed by atoms with Gasteiger partial charge in [-0.2, -0.15) is 0 Å². The number of ketones is 1. The third kappa shape index (κ3) is 3.75. The first-order valence-electron chi connectivity index (χ1n) is 6.79. The van der Waals surface area contributed by atoms with Gasteiger partial charge in [0.2, 0.25) is 0 Å². The van der Waals surface area contributed by atoms with Crippen molar-refractivity contribution in [3.63, 3.8) is 0 Å². The van der Waals surface area contributed by atoms with E-state index in [0.29, 0.717) is 18.5 Å². The number of phenols is 1. The lowest BCUT2D eigenvalue weighted by molar-refractivity contribution is -0.120. The molecular formula is C15H19N3O3. The second-order valence-electron chi connectivity index (χ2n) is 4.83. The number of aromatic nitrogens is 1. The van der Waals surface area contributed by atoms with Crippen molar-refractivity contribution < 1.29 is 15.0 Å². The summed E-state index contributed by atoms with van der Waals surface area (Å²) < 4.78 is 0. The van der Waals surface area contributed by atoms with Crippen molar-refractivity contribution in [3.05, 3.63) is 36.0 Å². The van der Waals surface area contributed by atoms with Crippen molar-refractivity contribution in [3.8, 4) is 5.75 Å². The Bertz CT molecular complexity index is 631. The maximum Gasteiger partial charge on any atom is 0.165 e. The van der Waals surface area contributed by atoms with Crippen LogP contribution in [-0.4, -0.2) is 46.7 Å². The largest absolute Gasteiger partial charge is 0.506 e. The first-order valence-corrected chi connectivity index (χ1v) is 6.79. The lowest BCUT2D eigenvalue weighted by atomic mass is 10.0. The molecule has 0 aliphatic rings. The molecule has 0 spiro atoms. The molecule has 2 aromatic rings. The molecule has 6 heteroatoms. The Morgan fingerprint density at radius 3 is 2.95 bits per heavy atom. The Hall–Kier alpha value is -2.02. The van der Waals surface area contributed by atoms with Gasteiger partial charge in [-0.25, -0.2) is 0 Å². The van der Waals surface area contributed by atoms with E-state index < -0.39 is 6.04 Å². The van der Waals surface area contributed by atoms with Crippen LogP contribution in [0.5, 0.6) is 5.75 Å². The highest BCUT2D eigenvalue weighted by atomic mass is 16.3. The molecule has 1 aromatic carbocycles. The fourth-order valence-corrected chi connectivity index (χ4v) is 2.10. The molecule has 0 bridgehead atoms. The van der Waals surface area contributed by atoms with Crippen molar-refractivity contribution in [2.45, 2.75) is 12.5 Å². The summed E-state index contributed by atoms with van der Waals surface area (Å²) in [5.74, 6) is -0.0545. The zero-order valence-electron chi connectivity index (χ0n) is 11.6. The monoisotopic (exact) mass is 289 g/mol. The molecule has 0 aliphatic carbocycles. The van der Waals surface area contributed by atoms with Gasteiger partial charge in [0.05, 0.1) is 19.2 Å². The number of phenolic OH excluding ortho intramolecular Hbond substituents is 1. The summed E-state index contributed by atoms with van der Waals surface area (Å²) in [5, 5.41) is 22.5. The van der Waals surface area contributed by atoms with Crippen molar-refractivity contribution in [2.75, 3.05) is 19.7 Å². The number of Topliss-reactive ketones (excluding diaryl/α,β-unsaturated/α-hetero) is 1. The van der Waals surface area contributed by atoms with Crippen molar-refractivity contribution in [2.24, 2.45) is 5.73 Å². The molecule has 1 heterocycles. The van der Waals surface area contributed by atoms with Crippen LogP contribution in [0.4, 0.5) is 0 Å². The number of hydrogen-bond acceptors (Lipinski definition) is 6. The molecule has 21 heavy (non-hydrogen) atoms. The average Bonchev–Trinajstić information content (AvgIpc) is 2.52. The Labute approximate surface area is 122 Å². The molecule has 1 aromatic heterocycles. The van der Waals surface area contributed by atoms with E-state index in [1.165, 1.54) is 0 Å². The van der Waals surface area contributed by atoms with Crippen molar-refractivity contribution in [1.82, 2.24) is 10.3 Å². The zero-order valence-corrected chi connectivity index (χ0v) is 11.6. The quantitative estimate of drug-likeness (QED) is 0.533. The van der Waals surface area contributed by atoms with Crippen LogP contribution in [0.25, 0.3) is 10.9 Å². The number of nitrogens with one attached hydrogen (secondary N) is 1. The first-order chi connectivity index (χ1) is 10.1. The average molecular weight is 289 g/mol. The predicted octanol–water partition coefficient (Wildman–Crippen LogP) is -0.0388. The summed E-state index contributed by atoms with van der Waals surface area (Å²) in [6.07, 6.45) is 2.34. The van der Waals surface area contributed by atoms with E-state index >= 15 is 0 Å². The Kier molecular flexibility index (Phi) is 5.21. The van der Waals surface area contributed by atoms with Crippen LogP contribution in [0.15, 0.2) is 30.5 Å². The van der Waals surface area contributed by atoms with E-state index in [9.17, 15) is 9.90 Å². The standard InChI is InChI=1S/C15H19N3O3/c16-12(9-19)14(21)8-17-7-5-10-3-4-13(20)15-11(10)2-1-6-18-15/h1-4,6,12,17,19-20H,5,7-9,16H2. The summed E-state index contributed by atoms with van der Waals surface area (Å²) in [5.41, 5.74) is 7.05. The molecule has 6 nitrogen and oxygen atoms in total. The summed E-state index contributed by atoms with van der Waals surface area (Å²) in [4.78, 5) is 15.6. The van der Waals surface area contributed by atoms with E-state index in [1.54, 1.807) is 12.3 Å². The lowest BCUT2D eigenvalue weighted by Gasteiger charge is -2.10. The highest BCUT2D eigenvalue weighted by Crippen LogP contribution is 2.25. The number of nitrogens with zero attached hydrogens (tertiary/aromatic N) is 1. The van der Waals surface area contributed by atoms with Crippen LogP contribution in [-0.2, 0) is 11.2 Å². The molecule has 1 atom stereocenters. The lowest BCUT2D eigenvalue weighted by Crippen LogP contribution is -2.40. The Morgan fingerprint density at radius 2 is 2.19 bits per heavy atom. The number of fused-ring (bicyclic) bond motifs is 1. The van der Waals surface area contributed by atoms with Crippen LogP contribution < -0.4 is 11.1 Å². The van der Waals surface area contributed by atoms with Gasteiger partial charge in [-0.15, -0.1) is 0 Å². The summed E-state index contributed by atoms with van der Waals surface area (Å²) >= 11 is 0. The van der Waals surface area contributed by atoms with E-state index in [-0.39, 0.29) is 24.7 Å². The summed E-state index contributed by atoms with van der Waals surface area (Å²) in [6, 6.07) is 6.38. The van der Waals surface area contributed by atoms with E-state index in [0.717, 1.165) is 10.9 Å². The van der Waals surface area contributed by atoms with Gasteiger partial charge in [0.15, 0.2) is 5.78 Å². The second-order valence-corrected chi connectivity index (χ2v) is 4.83. The maximum atomic E-state index is 11.5. The van der Waals surface area contributed by atoms with Crippen LogP contribution in [0.2, 0.25) is 0 Å². The minimum Gasteiger partial charge on any atom is -0.506 e. The van der Waals surface area contributed by atoms with Gasteiger partial charge in [-0.3, -0.25) is 9.78 Å². The number of aliphatic hydroxyl groups excluding tert-OH is 1. The smallest absolute Gasteiger partial charge is 0.165 e. The van der Waals surface area contributed by atoms with Gasteiger partial charge in [-0.05, 0) is 30.7 Å². The molecule has 2 rings (SSSR count). The highest BCUT2D eigenvalue weighted by molar-refractivity contribution is 5.87. The number of aromatic hydroxyl groups is 1. The van der Waals surface area contributed by atoms with E-state index in [4.69, 9.17) is 10.8 Å². The topological polar surface area (TPSA) is 108 Å². The number of hydrogen-bond donors (Lipinski definition) is 4. The van der Waals surface area contributed by atoms with Crippen molar-refractivity contribution >= 4 is 16.7 Å². The fourth-order valence-electron chi connectivity index (χ4n) is 2.10. The first kappa shape index (κ1) is 15.4. The molecular weight excluding hydrogens is 270 g/mol. The Balaban J connectivity index is 1.95. The molecule has 1 unspecified atom stereocenters. The molecule has 0 radical (unpaired) electrons. The highest BCUT2D eigenvalue weighted by Gasteiger charge is 2.11. The molecule has 0 amide bonds. The van der Waals surface area contributed by atoms with Crippen LogP contribution >= 0.6 is 0 Å². The maximum absolute atomic E-state index is 11.5. The van der Waals surface area contributed by atoms with Crippen LogP contribution in [0.1, 0.15) is 5.56 Å². The number of aliphatic hydroxyl groups is 1. The van der Waals surface area contributed by atoms with Gasteiger partial charge < -0.3 is 21.3 Å². The predicted molar refractivity (Wildman–Crippen MR) is 80.0 cm³/mol. The van der Waals surface area contributed by atoms with Crippen LogP contribution in [0, 0.1) is 0 Å². The third-order valence-electron chi connectivity index (χ3n) is 3.32. The van der Waals surface area contributed by atoms with Gasteiger partial charge >= 0.3 is 0 Å². The number of pyridine rings is 1. The minimum atomic E-state index is -0.823. The van der Waals surface area contributed by atoms with Gasteiger partial charge in [-0.1, -0.05) is 12.1 Å². The SMILES string of the molecule is NC(CO)C(=O)CNCCc1ccc(O)c2ncccc12. The van der Waals surface area contributed by atoms with E-state index in [1.807, 2.05) is 18.2 Å². The molecule has 5 N–H and O–H groups in total. The molecule has 0 fully saturated rings. The fraction of sp³-hybridized carbons (Fsp3) is 0.333. The van der Waals surface area contributed by atoms with Gasteiger partial charge in [0, 0.05) is 11.6 Å². The molecule has 112 valence electrons. The van der Waals surface area contributed by atoms with Gasteiger partial charge in [0.1, 0.15) is 11.3 Å². The number of rotatable bonds is 7. The zero-order chi connectivity index (χ0) is 15.2. The number of benzene rings is 1. The number of carbonyl (C=O) groups excluding carboxylic acids is 1. The van der Waals surface area contributed by atoms with Crippen LogP contribution in [0.3, 0.4) is 0 Å². The number of carbonyl (C=O) groups is 1. The molecule has 0 saturated carbocycles.